The molecule has 0 aromatic rings. The number of hydrogen-bond acceptors (Lipinski definition) is 3. The minimum absolute atomic E-state index is 0. The molecule has 0 aliphatic carbocycles. The van der Waals surface area contributed by atoms with Crippen LogP contribution in [-0.2, 0) is 14.4 Å². The second-order valence-corrected chi connectivity index (χ2v) is 0.939. The SMILES string of the molecule is O=C(O)C(=O)C(=O)O.[Sm]. The van der Waals surface area contributed by atoms with Gasteiger partial charge in [-0.25, -0.2) is 9.59 Å². The molecule has 0 aromatic carbocycles. The standard InChI is InChI=1S/C3H2O5.Sm/c4-1(2(5)6)3(7)8;/h(H,5,6)(H,7,8);. The summed E-state index contributed by atoms with van der Waals surface area (Å²) in [5.41, 5.74) is 0. The van der Waals surface area contributed by atoms with E-state index in [2.05, 4.69) is 0 Å². The van der Waals surface area contributed by atoms with Crippen molar-refractivity contribution in [3.8, 4) is 0 Å². The van der Waals surface area contributed by atoms with Crippen LogP contribution in [0.1, 0.15) is 0 Å². The van der Waals surface area contributed by atoms with Gasteiger partial charge in [-0.1, -0.05) is 0 Å². The van der Waals surface area contributed by atoms with Crippen LogP contribution >= 0.6 is 0 Å². The second-order valence-electron chi connectivity index (χ2n) is 0.939. The number of carboxylic acids is 2. The minimum atomic E-state index is -1.95. The molecule has 0 spiro atoms. The maximum Gasteiger partial charge on any atom is 0.384 e. The van der Waals surface area contributed by atoms with E-state index in [0.29, 0.717) is 0 Å². The molecular weight excluding hydrogens is 266 g/mol. The van der Waals surface area contributed by atoms with Gasteiger partial charge < -0.3 is 10.2 Å². The van der Waals surface area contributed by atoms with Gasteiger partial charge in [0.25, 0.3) is 0 Å². The Balaban J connectivity index is 0. The van der Waals surface area contributed by atoms with Gasteiger partial charge in [0.2, 0.25) is 0 Å². The monoisotopic (exact) mass is 270 g/mol. The number of carboxylic acid groups (broad SMARTS) is 2. The molecule has 0 amide bonds. The maximum absolute atomic E-state index is 9.64. The van der Waals surface area contributed by atoms with Crippen molar-refractivity contribution in [1.82, 2.24) is 0 Å². The molecule has 0 fully saturated rings. The number of Topliss-reactive ketones (excluding diaryl/α,β-unsaturated/α-hetero) is 1. The predicted molar refractivity (Wildman–Crippen MR) is 20.3 cm³/mol. The Morgan fingerprint density at radius 2 is 1.11 bits per heavy atom. The van der Waals surface area contributed by atoms with E-state index in [9.17, 15) is 14.4 Å². The van der Waals surface area contributed by atoms with E-state index in [1.807, 2.05) is 0 Å². The second kappa shape index (κ2) is 4.79. The van der Waals surface area contributed by atoms with Crippen molar-refractivity contribution < 1.29 is 65.0 Å². The van der Waals surface area contributed by atoms with Gasteiger partial charge in [-0.2, -0.15) is 0 Å². The molecule has 0 aliphatic rings. The van der Waals surface area contributed by atoms with E-state index in [1.165, 1.54) is 0 Å². The summed E-state index contributed by atoms with van der Waals surface area (Å²) >= 11 is 0. The van der Waals surface area contributed by atoms with Crippen LogP contribution < -0.4 is 0 Å². The Bertz CT molecular complexity index is 134. The third-order valence-corrected chi connectivity index (χ3v) is 0.388. The third kappa shape index (κ3) is 4.45. The van der Waals surface area contributed by atoms with E-state index in [1.54, 1.807) is 0 Å². The molecule has 0 saturated heterocycles. The summed E-state index contributed by atoms with van der Waals surface area (Å²) in [4.78, 5) is 28.5. The molecule has 6 heteroatoms. The topological polar surface area (TPSA) is 91.7 Å². The smallest absolute Gasteiger partial charge is 0.384 e. The van der Waals surface area contributed by atoms with Crippen LogP contribution in [0.2, 0.25) is 0 Å². The van der Waals surface area contributed by atoms with Crippen LogP contribution in [0.4, 0.5) is 0 Å². The van der Waals surface area contributed by atoms with E-state index >= 15 is 0 Å². The molecule has 2 N–H and O–H groups in total. The van der Waals surface area contributed by atoms with Crippen LogP contribution in [0.5, 0.6) is 0 Å². The first-order valence-electron chi connectivity index (χ1n) is 1.56. The number of carbonyl (C=O) groups is 3. The zero-order valence-corrected chi connectivity index (χ0v) is 6.65. The molecule has 9 heavy (non-hydrogen) atoms. The van der Waals surface area contributed by atoms with Gasteiger partial charge in [-0.3, -0.25) is 4.79 Å². The molecule has 0 aliphatic heterocycles. The number of rotatable bonds is 2. The van der Waals surface area contributed by atoms with Gasteiger partial charge in [0.15, 0.2) is 0 Å². The quantitative estimate of drug-likeness (QED) is 0.481. The zero-order valence-electron chi connectivity index (χ0n) is 4.03. The minimum Gasteiger partial charge on any atom is -0.475 e. The van der Waals surface area contributed by atoms with Crippen molar-refractivity contribution in [2.24, 2.45) is 0 Å². The maximum atomic E-state index is 9.64. The molecule has 0 radical (unpaired) electrons. The zero-order chi connectivity index (χ0) is 6.73. The van der Waals surface area contributed by atoms with Crippen LogP contribution in [0, 0.1) is 40.4 Å². The average Bonchev–Trinajstić information content (AvgIpc) is 1.64. The third-order valence-electron chi connectivity index (χ3n) is 0.388. The van der Waals surface area contributed by atoms with Crippen molar-refractivity contribution in [3.05, 3.63) is 0 Å². The first-order valence-corrected chi connectivity index (χ1v) is 1.56. The Morgan fingerprint density at radius 3 is 1.11 bits per heavy atom. The first kappa shape index (κ1) is 11.7. The number of aliphatic carboxylic acids is 2. The fourth-order valence-corrected chi connectivity index (χ4v) is 0.0915. The first-order chi connectivity index (χ1) is 3.55. The van der Waals surface area contributed by atoms with Gasteiger partial charge in [0, 0.05) is 40.4 Å². The number of ketones is 1. The molecule has 0 unspecified atom stereocenters. The molecule has 0 rings (SSSR count). The van der Waals surface area contributed by atoms with Gasteiger partial charge in [-0.05, 0) is 0 Å². The van der Waals surface area contributed by atoms with E-state index in [0.717, 1.165) is 0 Å². The number of hydrogen-bond donors (Lipinski definition) is 2. The summed E-state index contributed by atoms with van der Waals surface area (Å²) in [6, 6.07) is 0. The normalized spacial score (nSPS) is 7.11. The molecular formula is C3H2O5Sm. The molecule has 0 aromatic heterocycles. The Morgan fingerprint density at radius 1 is 0.889 bits per heavy atom. The fraction of sp³-hybridized carbons (Fsp3) is 0. The molecule has 50 valence electrons. The summed E-state index contributed by atoms with van der Waals surface area (Å²) in [7, 11) is 0. The molecule has 5 nitrogen and oxygen atoms in total. The number of carbonyl (C=O) groups excluding carboxylic acids is 1. The van der Waals surface area contributed by atoms with Crippen molar-refractivity contribution in [3.63, 3.8) is 0 Å². The summed E-state index contributed by atoms with van der Waals surface area (Å²) < 4.78 is 0. The van der Waals surface area contributed by atoms with Crippen molar-refractivity contribution in [2.45, 2.75) is 0 Å². The van der Waals surface area contributed by atoms with Crippen LogP contribution in [0.3, 0.4) is 0 Å². The van der Waals surface area contributed by atoms with E-state index in [-0.39, 0.29) is 40.4 Å². The molecule has 0 atom stereocenters. The molecule has 0 bridgehead atoms. The van der Waals surface area contributed by atoms with Crippen LogP contribution in [-0.4, -0.2) is 27.9 Å². The Labute approximate surface area is 82.1 Å². The predicted octanol–water partition coefficient (Wildman–Crippen LogP) is -1.28. The van der Waals surface area contributed by atoms with Crippen molar-refractivity contribution in [2.75, 3.05) is 0 Å². The van der Waals surface area contributed by atoms with Crippen LogP contribution in [0.15, 0.2) is 0 Å². The van der Waals surface area contributed by atoms with Crippen molar-refractivity contribution >= 4 is 17.7 Å². The van der Waals surface area contributed by atoms with Gasteiger partial charge >= 0.3 is 17.7 Å². The summed E-state index contributed by atoms with van der Waals surface area (Å²) in [5.74, 6) is -5.71. The Kier molecular flexibility index (Phi) is 6.23. The van der Waals surface area contributed by atoms with E-state index < -0.39 is 17.7 Å². The summed E-state index contributed by atoms with van der Waals surface area (Å²) in [6.07, 6.45) is 0. The molecule has 0 saturated carbocycles. The van der Waals surface area contributed by atoms with Crippen molar-refractivity contribution in [1.29, 1.82) is 0 Å². The molecule has 0 heterocycles. The average molecular weight is 268 g/mol. The Hall–Kier alpha value is -0.0523. The van der Waals surface area contributed by atoms with Crippen LogP contribution in [0.25, 0.3) is 0 Å². The van der Waals surface area contributed by atoms with Gasteiger partial charge in [0.05, 0.1) is 0 Å². The van der Waals surface area contributed by atoms with Gasteiger partial charge in [-0.15, -0.1) is 0 Å². The van der Waals surface area contributed by atoms with E-state index in [4.69, 9.17) is 10.2 Å². The summed E-state index contributed by atoms with van der Waals surface area (Å²) in [6.45, 7) is 0. The van der Waals surface area contributed by atoms with Gasteiger partial charge in [0.1, 0.15) is 0 Å². The largest absolute Gasteiger partial charge is 0.475 e. The summed E-state index contributed by atoms with van der Waals surface area (Å²) in [5, 5.41) is 15.2. The fourth-order valence-electron chi connectivity index (χ4n) is 0.0915.